The Balaban J connectivity index is 1.75. The first kappa shape index (κ1) is 16.0. The Morgan fingerprint density at radius 3 is 2.70 bits per heavy atom. The van der Waals surface area contributed by atoms with E-state index in [1.165, 1.54) is 17.4 Å². The number of hydrogen-bond acceptors (Lipinski definition) is 3. The van der Waals surface area contributed by atoms with Crippen LogP contribution in [0.4, 0.5) is 13.2 Å². The molecule has 122 valence electrons. The number of nitrogens with zero attached hydrogens (tertiary/aromatic N) is 1. The molecule has 1 heterocycles. The van der Waals surface area contributed by atoms with E-state index < -0.39 is 17.2 Å². The largest absolute Gasteiger partial charge is 0.416 e. The number of thiazole rings is 1. The van der Waals surface area contributed by atoms with Gasteiger partial charge in [0.1, 0.15) is 5.01 Å². The average Bonchev–Trinajstić information content (AvgIpc) is 3.22. The van der Waals surface area contributed by atoms with Crippen molar-refractivity contribution >= 4 is 17.2 Å². The number of benzene rings is 1. The summed E-state index contributed by atoms with van der Waals surface area (Å²) in [5.74, 6) is -0.232. The van der Waals surface area contributed by atoms with Gasteiger partial charge in [0.2, 0.25) is 5.91 Å². The van der Waals surface area contributed by atoms with Crippen LogP contribution < -0.4 is 5.32 Å². The number of amides is 1. The molecular weight excluding hydrogens is 325 g/mol. The summed E-state index contributed by atoms with van der Waals surface area (Å²) in [6, 6.07) is 5.06. The molecule has 3 rings (SSSR count). The summed E-state index contributed by atoms with van der Waals surface area (Å²) in [7, 11) is 0. The number of aryl methyl sites for hydroxylation is 1. The Bertz CT molecular complexity index is 735. The summed E-state index contributed by atoms with van der Waals surface area (Å²) in [4.78, 5) is 16.7. The molecule has 0 radical (unpaired) electrons. The zero-order valence-corrected chi connectivity index (χ0v) is 13.2. The maximum Gasteiger partial charge on any atom is 0.416 e. The van der Waals surface area contributed by atoms with Gasteiger partial charge in [-0.2, -0.15) is 13.2 Å². The van der Waals surface area contributed by atoms with Gasteiger partial charge in [-0.05, 0) is 31.4 Å². The van der Waals surface area contributed by atoms with E-state index in [1.807, 2.05) is 12.3 Å². The second-order valence-corrected chi connectivity index (χ2v) is 6.67. The quantitative estimate of drug-likeness (QED) is 0.919. The van der Waals surface area contributed by atoms with E-state index in [4.69, 9.17) is 0 Å². The molecule has 0 unspecified atom stereocenters. The number of rotatable bonds is 4. The molecule has 1 aromatic heterocycles. The Hall–Kier alpha value is -1.89. The smallest absolute Gasteiger partial charge is 0.349 e. The van der Waals surface area contributed by atoms with Crippen LogP contribution >= 0.6 is 11.3 Å². The van der Waals surface area contributed by atoms with Crippen molar-refractivity contribution in [3.63, 3.8) is 0 Å². The van der Waals surface area contributed by atoms with E-state index in [2.05, 4.69) is 10.3 Å². The lowest BCUT2D eigenvalue weighted by Gasteiger charge is -2.17. The Labute approximate surface area is 135 Å². The third kappa shape index (κ3) is 3.24. The first-order valence-electron chi connectivity index (χ1n) is 7.18. The van der Waals surface area contributed by atoms with Crippen LogP contribution in [0.25, 0.3) is 0 Å². The summed E-state index contributed by atoms with van der Waals surface area (Å²) in [6.07, 6.45) is -3.27. The van der Waals surface area contributed by atoms with Crippen molar-refractivity contribution < 1.29 is 18.0 Å². The number of alkyl halides is 3. The monoisotopic (exact) mass is 340 g/mol. The lowest BCUT2D eigenvalue weighted by molar-refractivity contribution is -0.137. The highest BCUT2D eigenvalue weighted by Gasteiger charge is 2.51. The summed E-state index contributed by atoms with van der Waals surface area (Å²) in [5.41, 5.74) is -0.226. The van der Waals surface area contributed by atoms with Crippen molar-refractivity contribution in [2.45, 2.75) is 37.9 Å². The molecule has 3 nitrogen and oxygen atoms in total. The van der Waals surface area contributed by atoms with E-state index in [9.17, 15) is 18.0 Å². The lowest BCUT2D eigenvalue weighted by atomic mass is 9.93. The fourth-order valence-corrected chi connectivity index (χ4v) is 3.29. The normalized spacial score (nSPS) is 16.2. The first-order chi connectivity index (χ1) is 10.8. The molecule has 1 saturated carbocycles. The van der Waals surface area contributed by atoms with E-state index in [0.717, 1.165) is 22.8 Å². The summed E-state index contributed by atoms with van der Waals surface area (Å²) in [5, 5.41) is 5.48. The van der Waals surface area contributed by atoms with E-state index in [0.29, 0.717) is 24.9 Å². The fourth-order valence-electron chi connectivity index (χ4n) is 2.57. The molecule has 7 heteroatoms. The highest BCUT2D eigenvalue weighted by molar-refractivity contribution is 7.09. The number of nitrogens with one attached hydrogen (secondary N) is 1. The molecule has 0 saturated heterocycles. The van der Waals surface area contributed by atoms with Crippen molar-refractivity contribution in [1.29, 1.82) is 0 Å². The van der Waals surface area contributed by atoms with Gasteiger partial charge in [0.15, 0.2) is 0 Å². The number of halogens is 3. The van der Waals surface area contributed by atoms with Crippen LogP contribution in [0.1, 0.15) is 34.7 Å². The molecule has 1 N–H and O–H groups in total. The Morgan fingerprint density at radius 2 is 2.13 bits per heavy atom. The van der Waals surface area contributed by atoms with Crippen molar-refractivity contribution in [1.82, 2.24) is 10.3 Å². The molecule has 2 aromatic rings. The Morgan fingerprint density at radius 1 is 1.39 bits per heavy atom. The molecule has 0 spiro atoms. The van der Waals surface area contributed by atoms with Crippen LogP contribution in [-0.4, -0.2) is 10.9 Å². The molecule has 0 bridgehead atoms. The minimum absolute atomic E-state index is 0.232. The summed E-state index contributed by atoms with van der Waals surface area (Å²) < 4.78 is 38.5. The Kier molecular flexibility index (Phi) is 3.91. The molecule has 1 aliphatic rings. The molecule has 0 aliphatic heterocycles. The standard InChI is InChI=1S/C16H15F3N2OS/c1-10-9-23-13(21-10)8-20-14(22)15(5-6-15)11-3-2-4-12(7-11)16(17,18)19/h2-4,7,9H,5-6,8H2,1H3,(H,20,22). The van der Waals surface area contributed by atoms with Gasteiger partial charge in [0, 0.05) is 11.1 Å². The molecule has 23 heavy (non-hydrogen) atoms. The van der Waals surface area contributed by atoms with Crippen molar-refractivity contribution in [2.24, 2.45) is 0 Å². The SMILES string of the molecule is Cc1csc(CNC(=O)C2(c3cccc(C(F)(F)F)c3)CC2)n1. The topological polar surface area (TPSA) is 42.0 Å². The van der Waals surface area contributed by atoms with Gasteiger partial charge in [0.25, 0.3) is 0 Å². The van der Waals surface area contributed by atoms with Crippen molar-refractivity contribution in [2.75, 3.05) is 0 Å². The van der Waals surface area contributed by atoms with Gasteiger partial charge in [0.05, 0.1) is 17.5 Å². The molecular formula is C16H15F3N2OS. The molecule has 1 aliphatic carbocycles. The van der Waals surface area contributed by atoms with E-state index in [-0.39, 0.29) is 5.91 Å². The van der Waals surface area contributed by atoms with Crippen LogP contribution in [0.2, 0.25) is 0 Å². The van der Waals surface area contributed by atoms with Crippen molar-refractivity contribution in [3.8, 4) is 0 Å². The highest BCUT2D eigenvalue weighted by atomic mass is 32.1. The maximum absolute atomic E-state index is 12.8. The van der Waals surface area contributed by atoms with Gasteiger partial charge in [-0.15, -0.1) is 11.3 Å². The number of aromatic nitrogens is 1. The molecule has 1 fully saturated rings. The predicted molar refractivity (Wildman–Crippen MR) is 81.1 cm³/mol. The highest BCUT2D eigenvalue weighted by Crippen LogP contribution is 2.49. The third-order valence-electron chi connectivity index (χ3n) is 3.99. The third-order valence-corrected chi connectivity index (χ3v) is 4.96. The number of carbonyl (C=O) groups is 1. The van der Waals surface area contributed by atoms with Crippen LogP contribution in [0.3, 0.4) is 0 Å². The minimum Gasteiger partial charge on any atom is -0.349 e. The van der Waals surface area contributed by atoms with E-state index >= 15 is 0 Å². The molecule has 1 aromatic carbocycles. The predicted octanol–water partition coefficient (Wildman–Crippen LogP) is 3.82. The van der Waals surface area contributed by atoms with Crippen LogP contribution in [0.15, 0.2) is 29.6 Å². The van der Waals surface area contributed by atoms with Gasteiger partial charge in [-0.25, -0.2) is 4.98 Å². The molecule has 0 atom stereocenters. The maximum atomic E-state index is 12.8. The first-order valence-corrected chi connectivity index (χ1v) is 8.06. The van der Waals surface area contributed by atoms with Crippen LogP contribution in [0.5, 0.6) is 0 Å². The average molecular weight is 340 g/mol. The zero-order valence-electron chi connectivity index (χ0n) is 12.4. The van der Waals surface area contributed by atoms with Gasteiger partial charge >= 0.3 is 6.18 Å². The van der Waals surface area contributed by atoms with Crippen molar-refractivity contribution in [3.05, 3.63) is 51.5 Å². The lowest BCUT2D eigenvalue weighted by Crippen LogP contribution is -2.34. The molecule has 1 amide bonds. The van der Waals surface area contributed by atoms with Crippen LogP contribution in [-0.2, 0) is 22.9 Å². The second-order valence-electron chi connectivity index (χ2n) is 5.73. The van der Waals surface area contributed by atoms with Gasteiger partial charge < -0.3 is 5.32 Å². The van der Waals surface area contributed by atoms with Gasteiger partial charge in [-0.3, -0.25) is 4.79 Å². The van der Waals surface area contributed by atoms with Crippen LogP contribution in [0, 0.1) is 6.92 Å². The van der Waals surface area contributed by atoms with Gasteiger partial charge in [-0.1, -0.05) is 18.2 Å². The van der Waals surface area contributed by atoms with E-state index in [1.54, 1.807) is 6.07 Å². The summed E-state index contributed by atoms with van der Waals surface area (Å²) in [6.45, 7) is 2.17. The minimum atomic E-state index is -4.40. The number of carbonyl (C=O) groups excluding carboxylic acids is 1. The fraction of sp³-hybridized carbons (Fsp3) is 0.375. The zero-order chi connectivity index (χ0) is 16.7. The summed E-state index contributed by atoms with van der Waals surface area (Å²) >= 11 is 1.45. The second kappa shape index (κ2) is 5.63. The number of hydrogen-bond donors (Lipinski definition) is 1.